The van der Waals surface area contributed by atoms with Crippen molar-refractivity contribution in [3.8, 4) is 0 Å². The Hall–Kier alpha value is -2.22. The summed E-state index contributed by atoms with van der Waals surface area (Å²) in [6.07, 6.45) is -2.28. The first kappa shape index (κ1) is 16.6. The Balaban J connectivity index is 1.52. The van der Waals surface area contributed by atoms with Gasteiger partial charge in [-0.15, -0.1) is 0 Å². The lowest BCUT2D eigenvalue weighted by Crippen LogP contribution is -2.52. The topological polar surface area (TPSA) is 58.4 Å². The van der Waals surface area contributed by atoms with E-state index in [0.717, 1.165) is 12.3 Å². The fraction of sp³-hybridized carbons (Fsp3) is 0.333. The zero-order valence-electron chi connectivity index (χ0n) is 12.3. The van der Waals surface area contributed by atoms with Gasteiger partial charge in [0.25, 0.3) is 5.91 Å². The van der Waals surface area contributed by atoms with Crippen LogP contribution >= 0.6 is 11.6 Å². The number of anilines is 1. The average molecular weight is 360 g/mol. The lowest BCUT2D eigenvalue weighted by atomic mass is 10.00. The summed E-state index contributed by atoms with van der Waals surface area (Å²) in [4.78, 5) is 17.3. The molecule has 0 aliphatic carbocycles. The summed E-state index contributed by atoms with van der Waals surface area (Å²) < 4.78 is 42.8. The monoisotopic (exact) mass is 359 g/mol. The summed E-state index contributed by atoms with van der Waals surface area (Å²) in [7, 11) is 0. The first-order valence-corrected chi connectivity index (χ1v) is 7.52. The molecule has 0 atom stereocenters. The third-order valence-corrected chi connectivity index (χ3v) is 3.98. The molecule has 0 spiro atoms. The molecular weight excluding hydrogens is 347 g/mol. The van der Waals surface area contributed by atoms with Gasteiger partial charge in [-0.3, -0.25) is 4.79 Å². The summed E-state index contributed by atoms with van der Waals surface area (Å²) in [5.74, 6) is 0.421. The van der Waals surface area contributed by atoms with E-state index in [0.29, 0.717) is 25.5 Å². The number of halogens is 4. The van der Waals surface area contributed by atoms with Gasteiger partial charge in [0.15, 0.2) is 5.76 Å². The van der Waals surface area contributed by atoms with Gasteiger partial charge >= 0.3 is 6.18 Å². The molecule has 2 aromatic rings. The molecular formula is C15H13ClF3N3O2. The molecule has 1 fully saturated rings. The maximum absolute atomic E-state index is 12.6. The molecule has 1 amide bonds. The van der Waals surface area contributed by atoms with Crippen LogP contribution in [0.2, 0.25) is 5.02 Å². The Morgan fingerprint density at radius 2 is 2.21 bits per heavy atom. The van der Waals surface area contributed by atoms with Gasteiger partial charge in [-0.05, 0) is 18.2 Å². The van der Waals surface area contributed by atoms with E-state index >= 15 is 0 Å². The van der Waals surface area contributed by atoms with E-state index < -0.39 is 11.7 Å². The zero-order chi connectivity index (χ0) is 17.3. The molecule has 128 valence electrons. The maximum Gasteiger partial charge on any atom is 0.417 e. The molecule has 3 rings (SSSR count). The number of nitrogens with one attached hydrogen (secondary N) is 1. The van der Waals surface area contributed by atoms with Crippen LogP contribution in [0.25, 0.3) is 0 Å². The van der Waals surface area contributed by atoms with Crippen LogP contribution in [0.3, 0.4) is 0 Å². The Kier molecular flexibility index (Phi) is 4.40. The molecule has 24 heavy (non-hydrogen) atoms. The Morgan fingerprint density at radius 3 is 2.79 bits per heavy atom. The molecule has 0 saturated carbocycles. The van der Waals surface area contributed by atoms with Crippen LogP contribution in [0.1, 0.15) is 16.1 Å². The highest BCUT2D eigenvalue weighted by Gasteiger charge is 2.34. The second-order valence-electron chi connectivity index (χ2n) is 5.49. The van der Waals surface area contributed by atoms with Crippen LogP contribution in [-0.4, -0.2) is 30.5 Å². The zero-order valence-corrected chi connectivity index (χ0v) is 13.1. The van der Waals surface area contributed by atoms with E-state index in [1.54, 1.807) is 17.0 Å². The highest BCUT2D eigenvalue weighted by molar-refractivity contribution is 6.33. The quantitative estimate of drug-likeness (QED) is 0.910. The number of aromatic nitrogens is 1. The smallest absolute Gasteiger partial charge is 0.417 e. The van der Waals surface area contributed by atoms with Gasteiger partial charge in [0.2, 0.25) is 0 Å². The molecule has 0 aromatic carbocycles. The molecule has 0 unspecified atom stereocenters. The van der Waals surface area contributed by atoms with Crippen LogP contribution in [0.5, 0.6) is 0 Å². The van der Waals surface area contributed by atoms with E-state index in [2.05, 4.69) is 10.3 Å². The Labute approximate surface area is 140 Å². The Morgan fingerprint density at radius 1 is 1.46 bits per heavy atom. The minimum Gasteiger partial charge on any atom is -0.459 e. The SMILES string of the molecule is O=C(NCC1CN(c2ncc(C(F)(F)F)cc2Cl)C1)c1ccco1. The first-order chi connectivity index (χ1) is 11.3. The van der Waals surface area contributed by atoms with E-state index in [9.17, 15) is 18.0 Å². The fourth-order valence-corrected chi connectivity index (χ4v) is 2.71. The molecule has 5 nitrogen and oxygen atoms in total. The third kappa shape index (κ3) is 3.48. The number of amides is 1. The van der Waals surface area contributed by atoms with Crippen molar-refractivity contribution in [3.63, 3.8) is 0 Å². The summed E-state index contributed by atoms with van der Waals surface area (Å²) in [6.45, 7) is 1.54. The van der Waals surface area contributed by atoms with Crippen molar-refractivity contribution in [2.75, 3.05) is 24.5 Å². The largest absolute Gasteiger partial charge is 0.459 e. The van der Waals surface area contributed by atoms with Crippen LogP contribution < -0.4 is 10.2 Å². The van der Waals surface area contributed by atoms with E-state index in [1.807, 2.05) is 0 Å². The molecule has 0 radical (unpaired) electrons. The van der Waals surface area contributed by atoms with Crippen molar-refractivity contribution in [2.45, 2.75) is 6.18 Å². The van der Waals surface area contributed by atoms with Crippen LogP contribution in [0, 0.1) is 5.92 Å². The number of hydrogen-bond acceptors (Lipinski definition) is 4. The highest BCUT2D eigenvalue weighted by atomic mass is 35.5. The van der Waals surface area contributed by atoms with Crippen molar-refractivity contribution in [3.05, 3.63) is 47.0 Å². The van der Waals surface area contributed by atoms with Crippen LogP contribution in [0.15, 0.2) is 35.1 Å². The van der Waals surface area contributed by atoms with Crippen molar-refractivity contribution >= 4 is 23.3 Å². The van der Waals surface area contributed by atoms with Crippen molar-refractivity contribution < 1.29 is 22.4 Å². The highest BCUT2D eigenvalue weighted by Crippen LogP contribution is 2.35. The number of nitrogens with zero attached hydrogens (tertiary/aromatic N) is 2. The van der Waals surface area contributed by atoms with Gasteiger partial charge in [0.1, 0.15) is 5.82 Å². The second-order valence-corrected chi connectivity index (χ2v) is 5.89. The lowest BCUT2D eigenvalue weighted by Gasteiger charge is -2.40. The lowest BCUT2D eigenvalue weighted by molar-refractivity contribution is -0.137. The van der Waals surface area contributed by atoms with Crippen LogP contribution in [-0.2, 0) is 6.18 Å². The number of rotatable bonds is 4. The normalized spacial score (nSPS) is 15.2. The van der Waals surface area contributed by atoms with E-state index in [1.165, 1.54) is 6.26 Å². The fourth-order valence-electron chi connectivity index (χ4n) is 2.42. The number of hydrogen-bond donors (Lipinski definition) is 1. The Bertz CT molecular complexity index is 728. The van der Waals surface area contributed by atoms with Crippen molar-refractivity contribution in [2.24, 2.45) is 5.92 Å². The predicted molar refractivity (Wildman–Crippen MR) is 81.0 cm³/mol. The standard InChI is InChI=1S/C15H13ClF3N3O2/c16-11-4-10(15(17,18)19)6-20-13(11)22-7-9(8-22)5-21-14(23)12-2-1-3-24-12/h1-4,6,9H,5,7-8H2,(H,21,23). The second kappa shape index (κ2) is 6.35. The van der Waals surface area contributed by atoms with Gasteiger partial charge in [-0.2, -0.15) is 13.2 Å². The molecule has 1 saturated heterocycles. The number of carbonyl (C=O) groups is 1. The van der Waals surface area contributed by atoms with Gasteiger partial charge in [0.05, 0.1) is 16.8 Å². The molecule has 1 aliphatic rings. The van der Waals surface area contributed by atoms with Gasteiger partial charge in [-0.25, -0.2) is 4.98 Å². The molecule has 1 N–H and O–H groups in total. The average Bonchev–Trinajstić information content (AvgIpc) is 3.00. The molecule has 0 bridgehead atoms. The maximum atomic E-state index is 12.6. The van der Waals surface area contributed by atoms with Gasteiger partial charge in [0, 0.05) is 31.7 Å². The summed E-state index contributed by atoms with van der Waals surface area (Å²) in [5.41, 5.74) is -0.876. The van der Waals surface area contributed by atoms with Gasteiger partial charge in [-0.1, -0.05) is 11.6 Å². The summed E-state index contributed by atoms with van der Waals surface area (Å²) >= 11 is 5.90. The number of carbonyl (C=O) groups excluding carboxylic acids is 1. The number of alkyl halides is 3. The molecule has 9 heteroatoms. The molecule has 3 heterocycles. The third-order valence-electron chi connectivity index (χ3n) is 3.70. The minimum atomic E-state index is -4.47. The predicted octanol–water partition coefficient (Wildman–Crippen LogP) is 3.21. The van der Waals surface area contributed by atoms with E-state index in [4.69, 9.17) is 16.0 Å². The minimum absolute atomic E-state index is 0.0390. The number of pyridine rings is 1. The van der Waals surface area contributed by atoms with Gasteiger partial charge < -0.3 is 14.6 Å². The summed E-state index contributed by atoms with van der Waals surface area (Å²) in [5, 5.41) is 2.70. The number of furan rings is 1. The van der Waals surface area contributed by atoms with E-state index in [-0.39, 0.29) is 22.6 Å². The first-order valence-electron chi connectivity index (χ1n) is 7.14. The van der Waals surface area contributed by atoms with Crippen molar-refractivity contribution in [1.29, 1.82) is 0 Å². The van der Waals surface area contributed by atoms with Crippen molar-refractivity contribution in [1.82, 2.24) is 10.3 Å². The molecule has 1 aliphatic heterocycles. The molecule has 2 aromatic heterocycles. The van der Waals surface area contributed by atoms with Crippen LogP contribution in [0.4, 0.5) is 19.0 Å². The summed E-state index contributed by atoms with van der Waals surface area (Å²) in [6, 6.07) is 4.06.